The highest BCUT2D eigenvalue weighted by molar-refractivity contribution is 7.71. The van der Waals surface area contributed by atoms with Crippen LogP contribution in [0.4, 0.5) is 0 Å². The Hall–Kier alpha value is -3.75. The molecule has 9 heteroatoms. The van der Waals surface area contributed by atoms with E-state index in [1.54, 1.807) is 30.3 Å². The van der Waals surface area contributed by atoms with Crippen molar-refractivity contribution in [2.45, 2.75) is 37.6 Å². The summed E-state index contributed by atoms with van der Waals surface area (Å²) >= 11 is 5.84. The second kappa shape index (κ2) is 10.8. The van der Waals surface area contributed by atoms with Crippen LogP contribution in [0.15, 0.2) is 72.8 Å². The summed E-state index contributed by atoms with van der Waals surface area (Å²) in [6.45, 7) is 0.742. The van der Waals surface area contributed by atoms with E-state index in [0.29, 0.717) is 16.7 Å². The second-order valence-corrected chi connectivity index (χ2v) is 9.82. The van der Waals surface area contributed by atoms with Crippen LogP contribution in [0.25, 0.3) is 33.2 Å². The van der Waals surface area contributed by atoms with Crippen molar-refractivity contribution in [3.8, 4) is 28.5 Å². The molecule has 8 nitrogen and oxygen atoms in total. The summed E-state index contributed by atoms with van der Waals surface area (Å²) in [7, 11) is 0. The van der Waals surface area contributed by atoms with E-state index in [-0.39, 0.29) is 27.2 Å². The summed E-state index contributed by atoms with van der Waals surface area (Å²) in [6, 6.07) is 24.2. The molecule has 1 aromatic heterocycles. The Balaban J connectivity index is 1.95. The van der Waals surface area contributed by atoms with Gasteiger partial charge >= 0.3 is 0 Å². The summed E-state index contributed by atoms with van der Waals surface area (Å²) < 4.78 is 7.19. The maximum absolute atomic E-state index is 13.5. The van der Waals surface area contributed by atoms with Gasteiger partial charge in [-0.2, -0.15) is 5.26 Å². The largest absolute Gasteiger partial charge is 0.394 e. The molecule has 0 unspecified atom stereocenters. The minimum absolute atomic E-state index is 0.0168. The number of aliphatic hydroxyl groups is 4. The lowest BCUT2D eigenvalue weighted by Gasteiger charge is -2.42. The number of carbonyl (C=O) groups excluding carboxylic acids is 1. The summed E-state index contributed by atoms with van der Waals surface area (Å²) in [5, 5.41) is 53.9. The van der Waals surface area contributed by atoms with Crippen molar-refractivity contribution in [2.75, 3.05) is 6.61 Å². The van der Waals surface area contributed by atoms with E-state index in [0.717, 1.165) is 10.8 Å². The lowest BCUT2D eigenvalue weighted by atomic mass is 9.87. The number of fused-ring (bicyclic) bond motifs is 1. The van der Waals surface area contributed by atoms with Gasteiger partial charge < -0.3 is 29.7 Å². The van der Waals surface area contributed by atoms with E-state index in [9.17, 15) is 30.5 Å². The average Bonchev–Trinajstić information content (AvgIpc) is 2.96. The highest BCUT2D eigenvalue weighted by Crippen LogP contribution is 2.42. The van der Waals surface area contributed by atoms with Gasteiger partial charge in [-0.15, -0.1) is 0 Å². The quantitative estimate of drug-likeness (QED) is 0.221. The van der Waals surface area contributed by atoms with Gasteiger partial charge in [0.2, 0.25) is 0 Å². The molecule has 0 amide bonds. The minimum Gasteiger partial charge on any atom is -0.394 e. The topological polar surface area (TPSA) is 136 Å². The van der Waals surface area contributed by atoms with Crippen molar-refractivity contribution in [1.82, 2.24) is 4.57 Å². The van der Waals surface area contributed by atoms with Gasteiger partial charge in [0.05, 0.1) is 23.4 Å². The number of benzene rings is 3. The van der Waals surface area contributed by atoms with Gasteiger partial charge in [-0.05, 0) is 28.8 Å². The molecule has 5 atom stereocenters. The Labute approximate surface area is 229 Å². The van der Waals surface area contributed by atoms with Crippen molar-refractivity contribution in [3.05, 3.63) is 88.6 Å². The lowest BCUT2D eigenvalue weighted by molar-refractivity contribution is -0.251. The first-order valence-electron chi connectivity index (χ1n) is 12.4. The Morgan fingerprint density at radius 2 is 1.64 bits per heavy atom. The number of carbonyl (C=O) groups is 1. The molecule has 0 spiro atoms. The molecule has 0 radical (unpaired) electrons. The predicted molar refractivity (Wildman–Crippen MR) is 147 cm³/mol. The standard InChI is InChI=1S/C30H26N2O6S/c1-16(34)23-24(20-13-7-11-17-8-5-6-12-19(17)20)21(14-31)30(39)32(25(23)18-9-3-2-4-10-18)29-28(37)27(36)26(35)22(15-33)38-29/h2-13,22,26-29,33,35-37H,15H2,1H3/t22-,26+,27+,28+,29+/m0/s1. The van der Waals surface area contributed by atoms with Crippen LogP contribution in [0.1, 0.15) is 29.1 Å². The molecule has 3 aromatic carbocycles. The average molecular weight is 543 g/mol. The van der Waals surface area contributed by atoms with E-state index in [4.69, 9.17) is 17.0 Å². The fraction of sp³-hybridized carbons (Fsp3) is 0.233. The fourth-order valence-corrected chi connectivity index (χ4v) is 5.61. The van der Waals surface area contributed by atoms with Crippen LogP contribution in [-0.4, -0.2) is 61.8 Å². The van der Waals surface area contributed by atoms with Crippen LogP contribution >= 0.6 is 12.2 Å². The van der Waals surface area contributed by atoms with E-state index < -0.39 is 37.3 Å². The molecular weight excluding hydrogens is 516 g/mol. The number of nitriles is 1. The first kappa shape index (κ1) is 26.8. The molecule has 198 valence electrons. The second-order valence-electron chi connectivity index (χ2n) is 9.43. The number of rotatable bonds is 5. The fourth-order valence-electron chi connectivity index (χ4n) is 5.27. The zero-order valence-corrected chi connectivity index (χ0v) is 21.7. The van der Waals surface area contributed by atoms with Crippen LogP contribution in [0.3, 0.4) is 0 Å². The number of nitrogens with zero attached hydrogens (tertiary/aromatic N) is 2. The van der Waals surface area contributed by atoms with E-state index in [1.165, 1.54) is 11.5 Å². The first-order chi connectivity index (χ1) is 18.8. The van der Waals surface area contributed by atoms with Crippen molar-refractivity contribution in [2.24, 2.45) is 0 Å². The highest BCUT2D eigenvalue weighted by atomic mass is 32.1. The maximum Gasteiger partial charge on any atom is 0.164 e. The molecule has 4 N–H and O–H groups in total. The molecule has 2 heterocycles. The van der Waals surface area contributed by atoms with Gasteiger partial charge in [0.25, 0.3) is 0 Å². The summed E-state index contributed by atoms with van der Waals surface area (Å²) in [6.07, 6.45) is -7.60. The Morgan fingerprint density at radius 3 is 2.31 bits per heavy atom. The maximum atomic E-state index is 13.5. The van der Waals surface area contributed by atoms with Crippen LogP contribution < -0.4 is 0 Å². The molecule has 4 aromatic rings. The number of aromatic nitrogens is 1. The van der Waals surface area contributed by atoms with E-state index in [1.807, 2.05) is 42.5 Å². The Bertz CT molecular complexity index is 1660. The highest BCUT2D eigenvalue weighted by Gasteiger charge is 2.45. The Morgan fingerprint density at radius 1 is 0.974 bits per heavy atom. The van der Waals surface area contributed by atoms with Crippen LogP contribution in [-0.2, 0) is 4.74 Å². The van der Waals surface area contributed by atoms with Gasteiger partial charge in [0.1, 0.15) is 35.1 Å². The lowest BCUT2D eigenvalue weighted by Crippen LogP contribution is -2.56. The SMILES string of the molecule is CC(=O)c1c(-c2cccc3ccccc23)c(C#N)c(=S)n([C@@H]2O[C@@H](CO)[C@@H](O)[C@@H](O)[C@H]2O)c1-c1ccccc1. The predicted octanol–water partition coefficient (Wildman–Crippen LogP) is 3.75. The van der Waals surface area contributed by atoms with Gasteiger partial charge in [0, 0.05) is 5.56 Å². The van der Waals surface area contributed by atoms with Gasteiger partial charge in [-0.25, -0.2) is 0 Å². The van der Waals surface area contributed by atoms with E-state index >= 15 is 0 Å². The number of hydrogen-bond acceptors (Lipinski definition) is 8. The van der Waals surface area contributed by atoms with E-state index in [2.05, 4.69) is 6.07 Å². The third kappa shape index (κ3) is 4.47. The van der Waals surface area contributed by atoms with Crippen LogP contribution in [0, 0.1) is 16.0 Å². The normalized spacial score (nSPS) is 22.9. The number of pyridine rings is 1. The zero-order valence-electron chi connectivity index (χ0n) is 20.9. The molecule has 1 aliphatic heterocycles. The first-order valence-corrected chi connectivity index (χ1v) is 12.8. The molecular formula is C30H26N2O6S. The van der Waals surface area contributed by atoms with Gasteiger partial charge in [0.15, 0.2) is 12.0 Å². The number of ether oxygens (including phenoxy) is 1. The molecule has 0 bridgehead atoms. The Kier molecular flexibility index (Phi) is 7.42. The van der Waals surface area contributed by atoms with Gasteiger partial charge in [-0.1, -0.05) is 85.0 Å². The molecule has 39 heavy (non-hydrogen) atoms. The molecule has 1 aliphatic rings. The monoisotopic (exact) mass is 542 g/mol. The van der Waals surface area contributed by atoms with Crippen molar-refractivity contribution >= 4 is 28.8 Å². The number of Topliss-reactive ketones (excluding diaryl/α,β-unsaturated/α-hetero) is 1. The summed E-state index contributed by atoms with van der Waals surface area (Å²) in [4.78, 5) is 13.5. The molecule has 1 fully saturated rings. The van der Waals surface area contributed by atoms with Gasteiger partial charge in [-0.3, -0.25) is 4.79 Å². The third-order valence-corrected chi connectivity index (χ3v) is 7.50. The molecule has 1 saturated heterocycles. The van der Waals surface area contributed by atoms with Crippen molar-refractivity contribution in [1.29, 1.82) is 5.26 Å². The number of aliphatic hydroxyl groups excluding tert-OH is 4. The third-order valence-electron chi connectivity index (χ3n) is 7.10. The molecule has 0 saturated carbocycles. The molecule has 5 rings (SSSR count). The zero-order chi connectivity index (χ0) is 27.8. The van der Waals surface area contributed by atoms with Crippen LogP contribution in [0.2, 0.25) is 0 Å². The number of ketones is 1. The smallest absolute Gasteiger partial charge is 0.164 e. The van der Waals surface area contributed by atoms with Crippen molar-refractivity contribution in [3.63, 3.8) is 0 Å². The minimum atomic E-state index is -1.69. The summed E-state index contributed by atoms with van der Waals surface area (Å²) in [5.41, 5.74) is 2.02. The number of hydrogen-bond donors (Lipinski definition) is 4. The van der Waals surface area contributed by atoms with Crippen LogP contribution in [0.5, 0.6) is 0 Å². The summed E-state index contributed by atoms with van der Waals surface area (Å²) in [5.74, 6) is -0.360. The molecule has 0 aliphatic carbocycles. The van der Waals surface area contributed by atoms with Crippen molar-refractivity contribution < 1.29 is 30.0 Å².